The van der Waals surface area contributed by atoms with Gasteiger partial charge in [-0.1, -0.05) is 23.2 Å². The highest BCUT2D eigenvalue weighted by Gasteiger charge is 2.43. The number of pyridine rings is 1. The van der Waals surface area contributed by atoms with Crippen molar-refractivity contribution in [2.75, 3.05) is 11.9 Å². The minimum atomic E-state index is -5.52. The van der Waals surface area contributed by atoms with Gasteiger partial charge >= 0.3 is 18.1 Å². The predicted octanol–water partition coefficient (Wildman–Crippen LogP) is 3.48. The average molecular weight is 663 g/mol. The van der Waals surface area contributed by atoms with Crippen molar-refractivity contribution < 1.29 is 41.5 Å². The Labute approximate surface area is 252 Å². The number of benzene rings is 1. The average Bonchev–Trinajstić information content (AvgIpc) is 3.49. The van der Waals surface area contributed by atoms with Crippen molar-refractivity contribution in [1.29, 1.82) is 0 Å². The molecule has 0 unspecified atom stereocenters. The number of nitrogens with zero attached hydrogens (tertiary/aromatic N) is 7. The van der Waals surface area contributed by atoms with Crippen LogP contribution in [0.1, 0.15) is 11.3 Å². The fraction of sp³-hybridized carbons (Fsp3) is 0.208. The molecule has 4 rings (SSSR count). The van der Waals surface area contributed by atoms with Crippen LogP contribution >= 0.6 is 23.2 Å². The van der Waals surface area contributed by atoms with Crippen LogP contribution in [0.15, 0.2) is 60.2 Å². The Morgan fingerprint density at radius 1 is 1.11 bits per heavy atom. The molecular formula is C24H17Cl2F5N8O5. The molecule has 0 saturated heterocycles. The largest absolute Gasteiger partial charge is 0.506 e. The minimum Gasteiger partial charge on any atom is -0.506 e. The molecule has 20 heteroatoms. The number of carbonyl (C=O) groups excluding carboxylic acids is 2. The Hall–Kier alpha value is -4.84. The Balaban J connectivity index is 1.62. The zero-order chi connectivity index (χ0) is 32.2. The second-order valence-corrected chi connectivity index (χ2v) is 9.49. The van der Waals surface area contributed by atoms with E-state index in [0.717, 1.165) is 24.8 Å². The molecule has 1 amide bonds. The fourth-order valence-electron chi connectivity index (χ4n) is 3.62. The third-order valence-corrected chi connectivity index (χ3v) is 6.17. The van der Waals surface area contributed by atoms with Crippen molar-refractivity contribution >= 4 is 40.9 Å². The van der Waals surface area contributed by atoms with Crippen molar-refractivity contribution in [2.24, 2.45) is 0 Å². The number of carbonyl (C=O) groups is 2. The summed E-state index contributed by atoms with van der Waals surface area (Å²) in [6.07, 6.45) is -1.30. The van der Waals surface area contributed by atoms with Gasteiger partial charge in [-0.25, -0.2) is 19.4 Å². The molecule has 3 heterocycles. The third-order valence-electron chi connectivity index (χ3n) is 5.63. The molecule has 0 aliphatic rings. The van der Waals surface area contributed by atoms with Crippen LogP contribution in [0, 0.1) is 0 Å². The summed E-state index contributed by atoms with van der Waals surface area (Å²) in [6, 6.07) is 6.27. The zero-order valence-corrected chi connectivity index (χ0v) is 23.2. The molecule has 232 valence electrons. The van der Waals surface area contributed by atoms with Crippen LogP contribution in [0.2, 0.25) is 10.2 Å². The van der Waals surface area contributed by atoms with E-state index in [2.05, 4.69) is 30.2 Å². The summed E-state index contributed by atoms with van der Waals surface area (Å²) in [5.41, 5.74) is -1.99. The maximum Gasteiger partial charge on any atom is 0.493 e. The summed E-state index contributed by atoms with van der Waals surface area (Å²) < 4.78 is 70.2. The van der Waals surface area contributed by atoms with Gasteiger partial charge in [0.2, 0.25) is 0 Å². The van der Waals surface area contributed by atoms with E-state index in [9.17, 15) is 41.4 Å². The second kappa shape index (κ2) is 12.8. The van der Waals surface area contributed by atoms with Crippen LogP contribution < -0.4 is 10.9 Å². The maximum absolute atomic E-state index is 14.6. The van der Waals surface area contributed by atoms with E-state index in [1.165, 1.54) is 35.3 Å². The van der Waals surface area contributed by atoms with E-state index in [-0.39, 0.29) is 21.3 Å². The molecular weight excluding hydrogens is 646 g/mol. The third kappa shape index (κ3) is 7.38. The van der Waals surface area contributed by atoms with E-state index in [1.807, 2.05) is 0 Å². The first-order chi connectivity index (χ1) is 20.7. The number of nitrogens with one attached hydrogen (secondary N) is 1. The van der Waals surface area contributed by atoms with Gasteiger partial charge in [-0.2, -0.15) is 32.1 Å². The van der Waals surface area contributed by atoms with E-state index in [1.54, 1.807) is 0 Å². The number of rotatable bonds is 9. The molecule has 4 aromatic rings. The summed E-state index contributed by atoms with van der Waals surface area (Å²) in [5, 5.41) is 15.3. The number of halogens is 7. The SMILES string of the molecule is O=C(Cn1c(Cl)cnc(NCC(F)(F)c2ncccc2O)c1=O)N(Cc1cc(Cl)ccc1-n1cncn1)OC(=O)C(F)(F)F. The summed E-state index contributed by atoms with van der Waals surface area (Å²) >= 11 is 12.0. The van der Waals surface area contributed by atoms with Crippen molar-refractivity contribution in [2.45, 2.75) is 25.2 Å². The topological polar surface area (TPSA) is 157 Å². The molecule has 0 aliphatic heterocycles. The fourth-order valence-corrected chi connectivity index (χ4v) is 4.00. The van der Waals surface area contributed by atoms with Gasteiger partial charge in [0.1, 0.15) is 30.1 Å². The van der Waals surface area contributed by atoms with Crippen molar-refractivity contribution in [3.8, 4) is 11.4 Å². The van der Waals surface area contributed by atoms with Gasteiger partial charge in [0.15, 0.2) is 11.5 Å². The summed E-state index contributed by atoms with van der Waals surface area (Å²) in [6.45, 7) is -3.24. The number of alkyl halides is 5. The van der Waals surface area contributed by atoms with E-state index < -0.39 is 71.6 Å². The molecule has 0 radical (unpaired) electrons. The number of aromatic nitrogens is 6. The Morgan fingerprint density at radius 2 is 1.86 bits per heavy atom. The van der Waals surface area contributed by atoms with Gasteiger partial charge in [-0.05, 0) is 30.3 Å². The number of anilines is 1. The van der Waals surface area contributed by atoms with Crippen molar-refractivity contribution in [3.05, 3.63) is 87.2 Å². The lowest BCUT2D eigenvalue weighted by atomic mass is 10.1. The number of aromatic hydroxyl groups is 1. The molecule has 0 saturated carbocycles. The van der Waals surface area contributed by atoms with Crippen molar-refractivity contribution in [3.63, 3.8) is 0 Å². The lowest BCUT2D eigenvalue weighted by Gasteiger charge is -2.24. The first-order valence-electron chi connectivity index (χ1n) is 11.9. The van der Waals surface area contributed by atoms with Crippen LogP contribution in [-0.2, 0) is 33.4 Å². The smallest absolute Gasteiger partial charge is 0.493 e. The van der Waals surface area contributed by atoms with Crippen LogP contribution in [-0.4, -0.2) is 64.1 Å². The molecule has 44 heavy (non-hydrogen) atoms. The molecule has 0 bridgehead atoms. The molecule has 13 nitrogen and oxygen atoms in total. The normalized spacial score (nSPS) is 11.7. The van der Waals surface area contributed by atoms with Crippen LogP contribution in [0.3, 0.4) is 0 Å². The monoisotopic (exact) mass is 662 g/mol. The lowest BCUT2D eigenvalue weighted by molar-refractivity contribution is -0.239. The molecule has 0 spiro atoms. The Morgan fingerprint density at radius 3 is 2.52 bits per heavy atom. The van der Waals surface area contributed by atoms with Gasteiger partial charge in [-0.15, -0.1) is 0 Å². The maximum atomic E-state index is 14.6. The zero-order valence-electron chi connectivity index (χ0n) is 21.7. The number of amides is 1. The van der Waals surface area contributed by atoms with Crippen LogP contribution in [0.5, 0.6) is 5.75 Å². The van der Waals surface area contributed by atoms with Crippen LogP contribution in [0.4, 0.5) is 27.8 Å². The predicted molar refractivity (Wildman–Crippen MR) is 141 cm³/mol. The van der Waals surface area contributed by atoms with E-state index in [0.29, 0.717) is 4.57 Å². The highest BCUT2D eigenvalue weighted by molar-refractivity contribution is 6.30. The Kier molecular flexibility index (Phi) is 9.33. The molecule has 0 aliphatic carbocycles. The highest BCUT2D eigenvalue weighted by atomic mass is 35.5. The number of hydroxylamine groups is 2. The number of hydrogen-bond acceptors (Lipinski definition) is 10. The van der Waals surface area contributed by atoms with E-state index >= 15 is 0 Å². The first-order valence-corrected chi connectivity index (χ1v) is 12.7. The summed E-state index contributed by atoms with van der Waals surface area (Å²) in [4.78, 5) is 53.1. The molecule has 0 atom stereocenters. The molecule has 1 aromatic carbocycles. The van der Waals surface area contributed by atoms with Gasteiger partial charge in [0, 0.05) is 16.8 Å². The summed E-state index contributed by atoms with van der Waals surface area (Å²) in [7, 11) is 0. The Bertz CT molecular complexity index is 1740. The number of hydrogen-bond donors (Lipinski definition) is 2. The van der Waals surface area contributed by atoms with Crippen LogP contribution in [0.25, 0.3) is 5.69 Å². The lowest BCUT2D eigenvalue weighted by Crippen LogP contribution is -2.41. The minimum absolute atomic E-state index is 0.0240. The van der Waals surface area contributed by atoms with Gasteiger partial charge in [0.05, 0.1) is 25.0 Å². The first kappa shape index (κ1) is 32.1. The van der Waals surface area contributed by atoms with Gasteiger partial charge < -0.3 is 15.3 Å². The van der Waals surface area contributed by atoms with E-state index in [4.69, 9.17) is 23.2 Å². The quantitative estimate of drug-likeness (QED) is 0.201. The molecule has 3 aromatic heterocycles. The highest BCUT2D eigenvalue weighted by Crippen LogP contribution is 2.32. The van der Waals surface area contributed by atoms with Gasteiger partial charge in [0.25, 0.3) is 11.5 Å². The van der Waals surface area contributed by atoms with Gasteiger partial charge in [-0.3, -0.25) is 19.1 Å². The molecule has 0 fully saturated rings. The van der Waals surface area contributed by atoms with Crippen molar-refractivity contribution in [1.82, 2.24) is 34.4 Å². The second-order valence-electron chi connectivity index (χ2n) is 8.67. The molecule has 2 N–H and O–H groups in total. The summed E-state index contributed by atoms with van der Waals surface area (Å²) in [5.74, 6) is -9.50. The standard InChI is InChI=1S/C24H17Cl2F5N8O5/c25-14-3-4-15(38-12-32-11-36-38)13(6-14)8-39(44-22(43)24(29,30)31)18(41)9-37-17(26)7-34-20(21(37)42)35-10-23(27,28)19-16(40)2-1-5-33-19/h1-7,11-12,40H,8-10H2,(H,34,35).